The van der Waals surface area contributed by atoms with Crippen molar-refractivity contribution in [3.63, 3.8) is 0 Å². The lowest BCUT2D eigenvalue weighted by atomic mass is 10.3. The van der Waals surface area contributed by atoms with Gasteiger partial charge in [-0.1, -0.05) is 0 Å². The Morgan fingerprint density at radius 1 is 1.17 bits per heavy atom. The van der Waals surface area contributed by atoms with Crippen molar-refractivity contribution < 1.29 is 32.6 Å². The van der Waals surface area contributed by atoms with Crippen LogP contribution in [0.4, 0.5) is 4.39 Å². The van der Waals surface area contributed by atoms with Crippen LogP contribution in [0.15, 0.2) is 46.3 Å². The van der Waals surface area contributed by atoms with Crippen LogP contribution in [-0.2, 0) is 19.4 Å². The van der Waals surface area contributed by atoms with Crippen LogP contribution < -0.4 is 0 Å². The maximum atomic E-state index is 12.8. The van der Waals surface area contributed by atoms with Gasteiger partial charge < -0.3 is 10.2 Å². The van der Waals surface area contributed by atoms with E-state index >= 15 is 0 Å². The molecule has 1 aromatic carbocycles. The van der Waals surface area contributed by atoms with Crippen LogP contribution in [0.25, 0.3) is 5.76 Å². The predicted octanol–water partition coefficient (Wildman–Crippen LogP) is 0.934. The van der Waals surface area contributed by atoms with E-state index in [-0.39, 0.29) is 10.6 Å². The van der Waals surface area contributed by atoms with Crippen molar-refractivity contribution in [3.8, 4) is 0 Å². The molecular formula is C13H9FN2O6S. The number of sulfone groups is 1. The summed E-state index contributed by atoms with van der Waals surface area (Å²) >= 11 is 0. The normalized spacial score (nSPS) is 12.1. The maximum Gasteiger partial charge on any atom is 0.376 e. The van der Waals surface area contributed by atoms with Crippen molar-refractivity contribution in [3.05, 3.63) is 47.9 Å². The number of benzene rings is 1. The minimum atomic E-state index is -4.04. The van der Waals surface area contributed by atoms with E-state index in [2.05, 4.69) is 10.2 Å². The van der Waals surface area contributed by atoms with E-state index in [4.69, 9.17) is 5.11 Å². The highest BCUT2D eigenvalue weighted by molar-refractivity contribution is 7.91. The molecule has 0 atom stereocenters. The van der Waals surface area contributed by atoms with E-state index in [0.29, 0.717) is 6.08 Å². The summed E-state index contributed by atoms with van der Waals surface area (Å²) in [6.07, 6.45) is 0.396. The number of aromatic amines is 1. The average molecular weight is 340 g/mol. The molecule has 0 aliphatic carbocycles. The van der Waals surface area contributed by atoms with Gasteiger partial charge >= 0.3 is 5.97 Å². The number of aliphatic hydroxyl groups is 1. The molecular weight excluding hydrogens is 331 g/mol. The van der Waals surface area contributed by atoms with Gasteiger partial charge in [-0.2, -0.15) is 5.10 Å². The van der Waals surface area contributed by atoms with Crippen LogP contribution in [0.3, 0.4) is 0 Å². The number of aliphatic hydroxyl groups excluding tert-OH is 1. The molecule has 3 N–H and O–H groups in total. The van der Waals surface area contributed by atoms with Gasteiger partial charge in [-0.25, -0.2) is 17.6 Å². The number of nitrogens with zero attached hydrogens (tertiary/aromatic N) is 1. The van der Waals surface area contributed by atoms with E-state index in [1.807, 2.05) is 0 Å². The zero-order chi connectivity index (χ0) is 17.2. The van der Waals surface area contributed by atoms with E-state index in [9.17, 15) is 27.5 Å². The van der Waals surface area contributed by atoms with Crippen molar-refractivity contribution in [2.24, 2.45) is 0 Å². The fourth-order valence-corrected chi connectivity index (χ4v) is 2.75. The third-order valence-corrected chi connectivity index (χ3v) is 4.39. The minimum absolute atomic E-state index is 0.209. The zero-order valence-electron chi connectivity index (χ0n) is 11.2. The number of hydrogen-bond donors (Lipinski definition) is 3. The van der Waals surface area contributed by atoms with Crippen LogP contribution in [0, 0.1) is 5.82 Å². The van der Waals surface area contributed by atoms with Crippen LogP contribution in [0.1, 0.15) is 5.69 Å². The molecule has 2 aromatic rings. The Balaban J connectivity index is 2.37. The van der Waals surface area contributed by atoms with Crippen LogP contribution in [0.5, 0.6) is 0 Å². The lowest BCUT2D eigenvalue weighted by Crippen LogP contribution is -2.09. The third-order valence-electron chi connectivity index (χ3n) is 2.71. The highest BCUT2D eigenvalue weighted by Crippen LogP contribution is 2.21. The molecule has 0 bridgehead atoms. The van der Waals surface area contributed by atoms with Crippen molar-refractivity contribution in [1.82, 2.24) is 10.2 Å². The minimum Gasteiger partial charge on any atom is -0.505 e. The molecule has 0 spiro atoms. The van der Waals surface area contributed by atoms with Gasteiger partial charge in [0.1, 0.15) is 17.3 Å². The molecule has 8 nitrogen and oxygen atoms in total. The lowest BCUT2D eigenvalue weighted by molar-refractivity contribution is -0.146. The van der Waals surface area contributed by atoms with Gasteiger partial charge in [0, 0.05) is 12.1 Å². The van der Waals surface area contributed by atoms with Crippen LogP contribution in [0.2, 0.25) is 0 Å². The zero-order valence-corrected chi connectivity index (χ0v) is 12.0. The predicted molar refractivity (Wildman–Crippen MR) is 73.7 cm³/mol. The third kappa shape index (κ3) is 3.43. The van der Waals surface area contributed by atoms with Gasteiger partial charge in [0.2, 0.25) is 9.84 Å². The van der Waals surface area contributed by atoms with Crippen LogP contribution >= 0.6 is 0 Å². The molecule has 1 heterocycles. The number of hydrogen-bond acceptors (Lipinski definition) is 6. The fraction of sp³-hybridized carbons (Fsp3) is 0. The van der Waals surface area contributed by atoms with Crippen LogP contribution in [-0.4, -0.2) is 40.6 Å². The molecule has 0 saturated carbocycles. The number of carboxylic acids is 1. The number of ketones is 1. The van der Waals surface area contributed by atoms with Gasteiger partial charge in [-0.15, -0.1) is 0 Å². The van der Waals surface area contributed by atoms with Gasteiger partial charge in [-0.3, -0.25) is 9.89 Å². The maximum absolute atomic E-state index is 12.8. The molecule has 0 aliphatic rings. The largest absolute Gasteiger partial charge is 0.505 e. The lowest BCUT2D eigenvalue weighted by Gasteiger charge is -2.00. The Hall–Kier alpha value is -3.01. The number of carbonyl (C=O) groups excluding carboxylic acids is 1. The van der Waals surface area contributed by atoms with E-state index in [1.54, 1.807) is 0 Å². The summed E-state index contributed by atoms with van der Waals surface area (Å²) in [5, 5.41) is 23.2. The Bertz CT molecular complexity index is 899. The van der Waals surface area contributed by atoms with Crippen molar-refractivity contribution in [2.75, 3.05) is 0 Å². The average Bonchev–Trinajstić information content (AvgIpc) is 2.98. The first kappa shape index (κ1) is 16.4. The van der Waals surface area contributed by atoms with Gasteiger partial charge in [0.05, 0.1) is 4.90 Å². The molecule has 0 radical (unpaired) electrons. The van der Waals surface area contributed by atoms with E-state index in [1.165, 1.54) is 0 Å². The Morgan fingerprint density at radius 3 is 2.35 bits per heavy atom. The Morgan fingerprint density at radius 2 is 1.78 bits per heavy atom. The van der Waals surface area contributed by atoms with Gasteiger partial charge in [0.25, 0.3) is 5.78 Å². The van der Waals surface area contributed by atoms with E-state index in [0.717, 1.165) is 30.3 Å². The van der Waals surface area contributed by atoms with Gasteiger partial charge in [-0.05, 0) is 24.3 Å². The molecule has 23 heavy (non-hydrogen) atoms. The number of nitrogens with one attached hydrogen (secondary N) is 1. The number of carboxylic acid groups (broad SMARTS) is 1. The second-order valence-corrected chi connectivity index (χ2v) is 6.19. The molecule has 2 rings (SSSR count). The smallest absolute Gasteiger partial charge is 0.376 e. The number of H-pyrrole nitrogens is 1. The summed E-state index contributed by atoms with van der Waals surface area (Å²) in [7, 11) is -4.04. The molecule has 0 saturated heterocycles. The molecule has 0 aliphatic heterocycles. The number of rotatable bonds is 5. The number of aromatic nitrogens is 2. The van der Waals surface area contributed by atoms with Crippen molar-refractivity contribution >= 4 is 27.3 Å². The highest BCUT2D eigenvalue weighted by Gasteiger charge is 2.22. The van der Waals surface area contributed by atoms with Crippen molar-refractivity contribution in [2.45, 2.75) is 9.92 Å². The molecule has 0 amide bonds. The summed E-state index contributed by atoms with van der Waals surface area (Å²) < 4.78 is 37.3. The monoisotopic (exact) mass is 340 g/mol. The topological polar surface area (TPSA) is 137 Å². The SMILES string of the molecule is O=C(O)C(=O)C=C(O)c1cc(S(=O)(=O)c2ccc(F)cc2)[nH]n1. The first-order chi connectivity index (χ1) is 10.7. The fourth-order valence-electron chi connectivity index (χ4n) is 1.57. The number of carbonyl (C=O) groups is 2. The first-order valence-corrected chi connectivity index (χ1v) is 7.44. The second-order valence-electron chi connectivity index (χ2n) is 4.27. The number of halogens is 1. The van der Waals surface area contributed by atoms with E-state index < -0.39 is 38.2 Å². The Kier molecular flexibility index (Phi) is 4.27. The van der Waals surface area contributed by atoms with Crippen molar-refractivity contribution in [1.29, 1.82) is 0 Å². The number of aliphatic carboxylic acids is 1. The summed E-state index contributed by atoms with van der Waals surface area (Å²) in [6, 6.07) is 4.95. The molecule has 1 aromatic heterocycles. The highest BCUT2D eigenvalue weighted by atomic mass is 32.2. The summed E-state index contributed by atoms with van der Waals surface area (Å²) in [6.45, 7) is 0. The molecule has 0 fully saturated rings. The quantitative estimate of drug-likeness (QED) is 0.319. The molecule has 0 unspecified atom stereocenters. The summed E-state index contributed by atoms with van der Waals surface area (Å²) in [5.41, 5.74) is -0.333. The summed E-state index contributed by atoms with van der Waals surface area (Å²) in [4.78, 5) is 21.1. The second kappa shape index (κ2) is 6.01. The molecule has 10 heteroatoms. The van der Waals surface area contributed by atoms with Gasteiger partial charge in [0.15, 0.2) is 5.03 Å². The first-order valence-electron chi connectivity index (χ1n) is 5.96. The summed E-state index contributed by atoms with van der Waals surface area (Å²) in [5.74, 6) is -4.60. The Labute approximate surface area is 128 Å². The molecule has 120 valence electrons. The standard InChI is InChI=1S/C13H9FN2O6S/c14-7-1-3-8(4-2-7)23(21,22)12-5-9(15-16-12)10(17)6-11(18)13(19)20/h1-6,17H,(H,15,16)(H,19,20).